The zero-order valence-electron chi connectivity index (χ0n) is 16.0. The number of ether oxygens (including phenoxy) is 2. The summed E-state index contributed by atoms with van der Waals surface area (Å²) in [4.78, 5) is 25.4. The molecule has 0 bridgehead atoms. The lowest BCUT2D eigenvalue weighted by molar-refractivity contribution is -0.233. The topological polar surface area (TPSA) is 57.5 Å². The first kappa shape index (κ1) is 18.0. The van der Waals surface area contributed by atoms with Gasteiger partial charge in [-0.25, -0.2) is 9.59 Å². The van der Waals surface area contributed by atoms with Gasteiger partial charge in [0, 0.05) is 41.2 Å². The van der Waals surface area contributed by atoms with Gasteiger partial charge in [-0.3, -0.25) is 0 Å². The maximum atomic E-state index is 12.7. The predicted octanol–water partition coefficient (Wildman–Crippen LogP) is 4.58. The lowest BCUT2D eigenvalue weighted by atomic mass is 10.0. The molecule has 5 nitrogen and oxygen atoms in total. The molecule has 3 aromatic rings. The number of aromatic nitrogens is 1. The lowest BCUT2D eigenvalue weighted by Crippen LogP contribution is -2.42. The molecular weight excluding hydrogens is 354 g/mol. The van der Waals surface area contributed by atoms with E-state index < -0.39 is 17.7 Å². The van der Waals surface area contributed by atoms with Crippen molar-refractivity contribution in [1.29, 1.82) is 0 Å². The molecule has 5 heteroatoms. The third-order valence-corrected chi connectivity index (χ3v) is 4.94. The summed E-state index contributed by atoms with van der Waals surface area (Å²) in [6.07, 6.45) is 3.49. The number of rotatable bonds is 3. The minimum absolute atomic E-state index is 0.111. The van der Waals surface area contributed by atoms with Gasteiger partial charge in [0.25, 0.3) is 5.79 Å². The summed E-state index contributed by atoms with van der Waals surface area (Å²) < 4.78 is 13.2. The minimum atomic E-state index is -1.43. The Labute approximate surface area is 163 Å². The van der Waals surface area contributed by atoms with Crippen LogP contribution < -0.4 is 0 Å². The second-order valence-electron chi connectivity index (χ2n) is 7.25. The van der Waals surface area contributed by atoms with E-state index in [1.807, 2.05) is 36.5 Å². The predicted molar refractivity (Wildman–Crippen MR) is 106 cm³/mol. The van der Waals surface area contributed by atoms with Gasteiger partial charge < -0.3 is 14.0 Å². The van der Waals surface area contributed by atoms with Crippen molar-refractivity contribution < 1.29 is 19.1 Å². The van der Waals surface area contributed by atoms with E-state index in [4.69, 9.17) is 9.47 Å². The van der Waals surface area contributed by atoms with Gasteiger partial charge >= 0.3 is 11.9 Å². The third kappa shape index (κ3) is 2.99. The van der Waals surface area contributed by atoms with Gasteiger partial charge in [-0.1, -0.05) is 48.5 Å². The second kappa shape index (κ2) is 6.68. The van der Waals surface area contributed by atoms with Crippen molar-refractivity contribution in [2.24, 2.45) is 0 Å². The Morgan fingerprint density at radius 3 is 2.18 bits per heavy atom. The van der Waals surface area contributed by atoms with Crippen LogP contribution in [0, 0.1) is 0 Å². The Morgan fingerprint density at radius 2 is 1.54 bits per heavy atom. The lowest BCUT2D eigenvalue weighted by Gasteiger charge is -2.33. The van der Waals surface area contributed by atoms with E-state index in [0.717, 1.165) is 16.5 Å². The van der Waals surface area contributed by atoms with E-state index >= 15 is 0 Å². The molecule has 1 aliphatic heterocycles. The van der Waals surface area contributed by atoms with Crippen LogP contribution in [0.4, 0.5) is 0 Å². The highest BCUT2D eigenvalue weighted by atomic mass is 16.7. The van der Waals surface area contributed by atoms with Gasteiger partial charge in [-0.2, -0.15) is 0 Å². The largest absolute Gasteiger partial charge is 0.414 e. The number of hydrogen-bond acceptors (Lipinski definition) is 4. The molecule has 0 N–H and O–H groups in total. The van der Waals surface area contributed by atoms with Crippen LogP contribution in [0.2, 0.25) is 0 Å². The summed E-state index contributed by atoms with van der Waals surface area (Å²) in [6, 6.07) is 17.1. The van der Waals surface area contributed by atoms with Crippen LogP contribution in [0.1, 0.15) is 37.9 Å². The number of benzene rings is 2. The highest BCUT2D eigenvalue weighted by Crippen LogP contribution is 2.34. The van der Waals surface area contributed by atoms with Crippen LogP contribution in [0.25, 0.3) is 17.0 Å². The SMILES string of the molecule is CC(C)n1cc(C=C2C(=O)OC(C)(c3ccccc3)OC2=O)c2ccccc21. The van der Waals surface area contributed by atoms with Gasteiger partial charge in [-0.05, 0) is 26.0 Å². The smallest absolute Gasteiger partial charge is 0.349 e. The Balaban J connectivity index is 1.74. The van der Waals surface area contributed by atoms with Crippen molar-refractivity contribution in [2.75, 3.05) is 0 Å². The zero-order chi connectivity index (χ0) is 19.9. The summed E-state index contributed by atoms with van der Waals surface area (Å²) in [5.74, 6) is -2.81. The van der Waals surface area contributed by atoms with E-state index in [2.05, 4.69) is 18.4 Å². The van der Waals surface area contributed by atoms with Crippen molar-refractivity contribution in [3.8, 4) is 0 Å². The van der Waals surface area contributed by atoms with Crippen molar-refractivity contribution >= 4 is 28.9 Å². The monoisotopic (exact) mass is 375 g/mol. The quantitative estimate of drug-likeness (QED) is 0.382. The summed E-state index contributed by atoms with van der Waals surface area (Å²) in [7, 11) is 0. The first-order valence-electron chi connectivity index (χ1n) is 9.22. The molecule has 28 heavy (non-hydrogen) atoms. The van der Waals surface area contributed by atoms with Gasteiger partial charge in [-0.15, -0.1) is 0 Å². The maximum absolute atomic E-state index is 12.7. The first-order valence-corrected chi connectivity index (χ1v) is 9.22. The first-order chi connectivity index (χ1) is 13.4. The van der Waals surface area contributed by atoms with Gasteiger partial charge in [0.1, 0.15) is 5.57 Å². The van der Waals surface area contributed by atoms with E-state index in [9.17, 15) is 9.59 Å². The Kier molecular flexibility index (Phi) is 4.30. The van der Waals surface area contributed by atoms with Crippen molar-refractivity contribution in [3.05, 3.63) is 77.5 Å². The molecule has 1 saturated heterocycles. The summed E-state index contributed by atoms with van der Waals surface area (Å²) in [6.45, 7) is 5.73. The number of nitrogens with zero attached hydrogens (tertiary/aromatic N) is 1. The average Bonchev–Trinajstić information content (AvgIpc) is 3.04. The third-order valence-electron chi connectivity index (χ3n) is 4.94. The van der Waals surface area contributed by atoms with E-state index in [1.165, 1.54) is 0 Å². The van der Waals surface area contributed by atoms with E-state index in [-0.39, 0.29) is 11.6 Å². The molecule has 0 unspecified atom stereocenters. The number of esters is 2. The number of para-hydroxylation sites is 1. The fraction of sp³-hybridized carbons (Fsp3) is 0.217. The molecule has 1 fully saturated rings. The fourth-order valence-electron chi connectivity index (χ4n) is 3.47. The molecule has 1 aliphatic rings. The number of fused-ring (bicyclic) bond motifs is 1. The normalized spacial score (nSPS) is 19.6. The van der Waals surface area contributed by atoms with E-state index in [1.54, 1.807) is 37.3 Å². The van der Waals surface area contributed by atoms with Crippen LogP contribution in [0.15, 0.2) is 66.4 Å². The molecule has 4 rings (SSSR count). The van der Waals surface area contributed by atoms with Crippen molar-refractivity contribution in [2.45, 2.75) is 32.6 Å². The number of carbonyl (C=O) groups excluding carboxylic acids is 2. The van der Waals surface area contributed by atoms with Gasteiger partial charge in [0.05, 0.1) is 0 Å². The molecule has 0 atom stereocenters. The highest BCUT2D eigenvalue weighted by Gasteiger charge is 2.43. The van der Waals surface area contributed by atoms with Gasteiger partial charge in [0.15, 0.2) is 0 Å². The van der Waals surface area contributed by atoms with Crippen molar-refractivity contribution in [3.63, 3.8) is 0 Å². The molecule has 142 valence electrons. The van der Waals surface area contributed by atoms with Crippen LogP contribution in [0.5, 0.6) is 0 Å². The summed E-state index contributed by atoms with van der Waals surface area (Å²) >= 11 is 0. The Bertz CT molecular complexity index is 1070. The zero-order valence-corrected chi connectivity index (χ0v) is 16.0. The van der Waals surface area contributed by atoms with Crippen LogP contribution in [0.3, 0.4) is 0 Å². The average molecular weight is 375 g/mol. The maximum Gasteiger partial charge on any atom is 0.349 e. The molecule has 2 heterocycles. The Morgan fingerprint density at radius 1 is 0.929 bits per heavy atom. The van der Waals surface area contributed by atoms with Crippen LogP contribution in [-0.4, -0.2) is 16.5 Å². The van der Waals surface area contributed by atoms with Gasteiger partial charge in [0.2, 0.25) is 0 Å². The van der Waals surface area contributed by atoms with Crippen LogP contribution in [-0.2, 0) is 24.8 Å². The highest BCUT2D eigenvalue weighted by molar-refractivity contribution is 6.19. The minimum Gasteiger partial charge on any atom is -0.414 e. The molecule has 0 amide bonds. The number of hydrogen-bond donors (Lipinski definition) is 0. The van der Waals surface area contributed by atoms with Crippen LogP contribution >= 0.6 is 0 Å². The second-order valence-corrected chi connectivity index (χ2v) is 7.25. The summed E-state index contributed by atoms with van der Waals surface area (Å²) in [5.41, 5.74) is 2.31. The Hall–Kier alpha value is -3.34. The fourth-order valence-corrected chi connectivity index (χ4v) is 3.47. The number of carbonyl (C=O) groups is 2. The standard InChI is InChI=1S/C23H21NO4/c1-15(2)24-14-16(18-11-7-8-12-20(18)24)13-19-21(25)27-23(3,28-22(19)26)17-9-5-4-6-10-17/h4-15H,1-3H3. The molecule has 2 aromatic carbocycles. The molecule has 0 aliphatic carbocycles. The molecular formula is C23H21NO4. The molecule has 1 aromatic heterocycles. The molecule has 0 saturated carbocycles. The molecule has 0 spiro atoms. The summed E-state index contributed by atoms with van der Waals surface area (Å²) in [5, 5.41) is 0.959. The number of cyclic esters (lactones) is 2. The van der Waals surface area contributed by atoms with Crippen molar-refractivity contribution in [1.82, 2.24) is 4.57 Å². The van der Waals surface area contributed by atoms with E-state index in [0.29, 0.717) is 5.56 Å². The molecule has 0 radical (unpaired) electrons.